The van der Waals surface area contributed by atoms with E-state index < -0.39 is 17.6 Å². The van der Waals surface area contributed by atoms with Crippen LogP contribution in [0.4, 0.5) is 17.6 Å². The van der Waals surface area contributed by atoms with E-state index in [9.17, 15) is 17.6 Å². The van der Waals surface area contributed by atoms with E-state index in [1.165, 1.54) is 7.11 Å². The lowest BCUT2D eigenvalue weighted by atomic mass is 10.1. The minimum absolute atomic E-state index is 0.107. The Hall–Kier alpha value is -1.04. The van der Waals surface area contributed by atoms with Gasteiger partial charge in [0.05, 0.1) is 17.2 Å². The van der Waals surface area contributed by atoms with Crippen molar-refractivity contribution in [1.82, 2.24) is 0 Å². The minimum Gasteiger partial charge on any atom is -0.492 e. The molecule has 88 valence electrons. The van der Waals surface area contributed by atoms with E-state index >= 15 is 0 Å². The summed E-state index contributed by atoms with van der Waals surface area (Å²) >= 11 is 2.92. The van der Waals surface area contributed by atoms with E-state index in [1.54, 1.807) is 0 Å². The molecule has 0 amide bonds. The second kappa shape index (κ2) is 4.45. The molecule has 0 saturated heterocycles. The molecule has 0 aliphatic heterocycles. The standard InChI is InChI=1S/C10H7BrF4O/c1-5(10(13,14)15)6-3-7(11)9(16-2)8(12)4-6/h3-4H,1H2,2H3. The lowest BCUT2D eigenvalue weighted by Crippen LogP contribution is -2.09. The van der Waals surface area contributed by atoms with Gasteiger partial charge in [0.1, 0.15) is 0 Å². The summed E-state index contributed by atoms with van der Waals surface area (Å²) in [5.41, 5.74) is -1.44. The molecule has 0 N–H and O–H groups in total. The second-order valence-corrected chi connectivity index (χ2v) is 3.80. The topological polar surface area (TPSA) is 9.23 Å². The third kappa shape index (κ3) is 2.55. The molecule has 0 aliphatic carbocycles. The van der Waals surface area contributed by atoms with Crippen molar-refractivity contribution in [2.75, 3.05) is 7.11 Å². The average molecular weight is 299 g/mol. The fraction of sp³-hybridized carbons (Fsp3) is 0.200. The van der Waals surface area contributed by atoms with E-state index in [1.807, 2.05) is 0 Å². The minimum atomic E-state index is -4.58. The van der Waals surface area contributed by atoms with Gasteiger partial charge in [-0.1, -0.05) is 6.58 Å². The molecule has 0 atom stereocenters. The molecule has 0 aromatic heterocycles. The summed E-state index contributed by atoms with van der Waals surface area (Å²) in [6.07, 6.45) is -4.58. The number of alkyl halides is 3. The van der Waals surface area contributed by atoms with Crippen LogP contribution < -0.4 is 4.74 Å². The van der Waals surface area contributed by atoms with Crippen molar-refractivity contribution in [3.63, 3.8) is 0 Å². The van der Waals surface area contributed by atoms with Crippen molar-refractivity contribution >= 4 is 21.5 Å². The quantitative estimate of drug-likeness (QED) is 0.745. The van der Waals surface area contributed by atoms with Gasteiger partial charge in [-0.2, -0.15) is 13.2 Å². The van der Waals surface area contributed by atoms with Gasteiger partial charge in [0.25, 0.3) is 0 Å². The predicted molar refractivity (Wildman–Crippen MR) is 55.7 cm³/mol. The van der Waals surface area contributed by atoms with Crippen LogP contribution in [0, 0.1) is 5.82 Å². The van der Waals surface area contributed by atoms with Gasteiger partial charge in [-0.25, -0.2) is 4.39 Å². The van der Waals surface area contributed by atoms with Gasteiger partial charge in [0.2, 0.25) is 0 Å². The van der Waals surface area contributed by atoms with Crippen molar-refractivity contribution in [2.24, 2.45) is 0 Å². The summed E-state index contributed by atoms with van der Waals surface area (Å²) in [4.78, 5) is 0. The summed E-state index contributed by atoms with van der Waals surface area (Å²) in [7, 11) is 1.22. The van der Waals surface area contributed by atoms with Crippen LogP contribution in [0.2, 0.25) is 0 Å². The predicted octanol–water partition coefficient (Wildman–Crippen LogP) is 4.17. The highest BCUT2D eigenvalue weighted by Gasteiger charge is 2.33. The van der Waals surface area contributed by atoms with Crippen molar-refractivity contribution in [1.29, 1.82) is 0 Å². The lowest BCUT2D eigenvalue weighted by molar-refractivity contribution is -0.0686. The molecule has 1 aromatic rings. The smallest absolute Gasteiger partial charge is 0.416 e. The largest absolute Gasteiger partial charge is 0.492 e. The number of methoxy groups -OCH3 is 1. The van der Waals surface area contributed by atoms with Gasteiger partial charge in [-0.15, -0.1) is 0 Å². The normalized spacial score (nSPS) is 11.4. The first kappa shape index (κ1) is 13.0. The maximum absolute atomic E-state index is 13.3. The van der Waals surface area contributed by atoms with Crippen molar-refractivity contribution in [3.05, 3.63) is 34.6 Å². The zero-order valence-electron chi connectivity index (χ0n) is 8.16. The van der Waals surface area contributed by atoms with E-state index in [2.05, 4.69) is 27.2 Å². The van der Waals surface area contributed by atoms with E-state index in [-0.39, 0.29) is 15.8 Å². The molecule has 0 unspecified atom stereocenters. The van der Waals surface area contributed by atoms with Crippen LogP contribution in [0.1, 0.15) is 5.56 Å². The van der Waals surface area contributed by atoms with Gasteiger partial charge in [0.15, 0.2) is 11.6 Å². The molecule has 16 heavy (non-hydrogen) atoms. The van der Waals surface area contributed by atoms with E-state index in [4.69, 9.17) is 0 Å². The molecule has 1 nitrogen and oxygen atoms in total. The maximum Gasteiger partial charge on any atom is 0.416 e. The highest BCUT2D eigenvalue weighted by atomic mass is 79.9. The monoisotopic (exact) mass is 298 g/mol. The highest BCUT2D eigenvalue weighted by Crippen LogP contribution is 2.37. The average Bonchev–Trinajstić information content (AvgIpc) is 2.14. The molecule has 0 spiro atoms. The summed E-state index contributed by atoms with van der Waals surface area (Å²) in [5, 5.41) is 0. The maximum atomic E-state index is 13.3. The number of benzene rings is 1. The fourth-order valence-electron chi connectivity index (χ4n) is 1.09. The number of halogens is 5. The summed E-state index contributed by atoms with van der Waals surface area (Å²) in [5.74, 6) is -1.02. The van der Waals surface area contributed by atoms with E-state index in [0.29, 0.717) is 0 Å². The van der Waals surface area contributed by atoms with Crippen LogP contribution in [-0.4, -0.2) is 13.3 Å². The number of hydrogen-bond donors (Lipinski definition) is 0. The van der Waals surface area contributed by atoms with Crippen LogP contribution in [0.3, 0.4) is 0 Å². The number of ether oxygens (including phenoxy) is 1. The molecule has 1 aromatic carbocycles. The van der Waals surface area contributed by atoms with Crippen molar-refractivity contribution in [3.8, 4) is 5.75 Å². The first-order valence-corrected chi connectivity index (χ1v) is 4.86. The Kier molecular flexibility index (Phi) is 3.62. The number of hydrogen-bond acceptors (Lipinski definition) is 1. The fourth-order valence-corrected chi connectivity index (χ4v) is 1.69. The molecule has 0 heterocycles. The van der Waals surface area contributed by atoms with Gasteiger partial charge in [0, 0.05) is 0 Å². The third-order valence-electron chi connectivity index (χ3n) is 1.89. The van der Waals surface area contributed by atoms with Gasteiger partial charge in [-0.05, 0) is 33.6 Å². The SMILES string of the molecule is C=C(c1cc(F)c(OC)c(Br)c1)C(F)(F)F. The highest BCUT2D eigenvalue weighted by molar-refractivity contribution is 9.10. The summed E-state index contributed by atoms with van der Waals surface area (Å²) in [6, 6.07) is 1.84. The first-order valence-electron chi connectivity index (χ1n) is 4.07. The molecule has 6 heteroatoms. The summed E-state index contributed by atoms with van der Waals surface area (Å²) < 4.78 is 55.0. The van der Waals surface area contributed by atoms with Gasteiger partial charge < -0.3 is 4.74 Å². The van der Waals surface area contributed by atoms with Crippen LogP contribution in [0.15, 0.2) is 23.2 Å². The molecule has 0 saturated carbocycles. The zero-order valence-corrected chi connectivity index (χ0v) is 9.75. The van der Waals surface area contributed by atoms with Crippen molar-refractivity contribution < 1.29 is 22.3 Å². The first-order chi connectivity index (χ1) is 7.27. The van der Waals surface area contributed by atoms with Crippen molar-refractivity contribution in [2.45, 2.75) is 6.18 Å². The Labute approximate surface area is 97.8 Å². The Morgan fingerprint density at radius 2 is 1.94 bits per heavy atom. The second-order valence-electron chi connectivity index (χ2n) is 2.95. The Morgan fingerprint density at radius 3 is 2.31 bits per heavy atom. The third-order valence-corrected chi connectivity index (χ3v) is 2.48. The molecule has 0 radical (unpaired) electrons. The van der Waals surface area contributed by atoms with E-state index in [0.717, 1.165) is 12.1 Å². The molecule has 0 fully saturated rings. The van der Waals surface area contributed by atoms with Crippen LogP contribution >= 0.6 is 15.9 Å². The Morgan fingerprint density at radius 1 is 1.38 bits per heavy atom. The number of rotatable bonds is 2. The molecular weight excluding hydrogens is 292 g/mol. The number of allylic oxidation sites excluding steroid dienone is 1. The van der Waals surface area contributed by atoms with Crippen LogP contribution in [0.25, 0.3) is 5.57 Å². The Balaban J connectivity index is 3.24. The van der Waals surface area contributed by atoms with Crippen LogP contribution in [-0.2, 0) is 0 Å². The Bertz CT molecular complexity index is 402. The molecular formula is C10H7BrF4O. The zero-order chi connectivity index (χ0) is 12.5. The molecule has 0 bridgehead atoms. The summed E-state index contributed by atoms with van der Waals surface area (Å²) in [6.45, 7) is 2.88. The molecule has 0 aliphatic rings. The van der Waals surface area contributed by atoms with Gasteiger partial charge in [-0.3, -0.25) is 0 Å². The lowest BCUT2D eigenvalue weighted by Gasteiger charge is -2.12. The molecule has 1 rings (SSSR count). The van der Waals surface area contributed by atoms with Crippen LogP contribution in [0.5, 0.6) is 5.75 Å². The van der Waals surface area contributed by atoms with Gasteiger partial charge >= 0.3 is 6.18 Å².